The summed E-state index contributed by atoms with van der Waals surface area (Å²) in [6, 6.07) is 11.5. The van der Waals surface area contributed by atoms with Crippen LogP contribution in [-0.4, -0.2) is 27.1 Å². The Hall–Kier alpha value is -2.69. The number of ether oxygens (including phenoxy) is 1. The molecular formula is C14H12N4O. The number of benzene rings is 1. The fourth-order valence-electron chi connectivity index (χ4n) is 1.90. The van der Waals surface area contributed by atoms with Crippen molar-refractivity contribution in [1.29, 1.82) is 0 Å². The second-order valence-corrected chi connectivity index (χ2v) is 3.94. The van der Waals surface area contributed by atoms with E-state index >= 15 is 0 Å². The minimum Gasteiger partial charge on any atom is -0.496 e. The van der Waals surface area contributed by atoms with Crippen LogP contribution in [0.1, 0.15) is 0 Å². The molecule has 0 bridgehead atoms. The van der Waals surface area contributed by atoms with E-state index < -0.39 is 0 Å². The zero-order valence-electron chi connectivity index (χ0n) is 10.4. The normalized spacial score (nSPS) is 10.4. The summed E-state index contributed by atoms with van der Waals surface area (Å²) in [5, 5.41) is 12.2. The van der Waals surface area contributed by atoms with E-state index in [-0.39, 0.29) is 0 Å². The zero-order valence-corrected chi connectivity index (χ0v) is 10.4. The largest absolute Gasteiger partial charge is 0.496 e. The average Bonchev–Trinajstić information content (AvgIpc) is 3.02. The second kappa shape index (κ2) is 4.89. The van der Waals surface area contributed by atoms with E-state index in [1.54, 1.807) is 24.2 Å². The lowest BCUT2D eigenvalue weighted by Gasteiger charge is -2.10. The number of hydrogen-bond donors (Lipinski definition) is 0. The van der Waals surface area contributed by atoms with Gasteiger partial charge in [-0.05, 0) is 30.3 Å². The summed E-state index contributed by atoms with van der Waals surface area (Å²) >= 11 is 0. The highest BCUT2D eigenvalue weighted by atomic mass is 16.5. The topological polar surface area (TPSA) is 52.8 Å². The molecule has 2 heterocycles. The smallest absolute Gasteiger partial charge is 0.130 e. The van der Waals surface area contributed by atoms with Gasteiger partial charge in [0.1, 0.15) is 5.75 Å². The summed E-state index contributed by atoms with van der Waals surface area (Å²) in [5.41, 5.74) is 2.63. The molecular weight excluding hydrogens is 240 g/mol. The highest BCUT2D eigenvalue weighted by Crippen LogP contribution is 2.30. The zero-order chi connectivity index (χ0) is 13.1. The van der Waals surface area contributed by atoms with Crippen LogP contribution in [0.5, 0.6) is 5.75 Å². The van der Waals surface area contributed by atoms with Crippen molar-refractivity contribution in [2.45, 2.75) is 0 Å². The van der Waals surface area contributed by atoms with Crippen LogP contribution in [0.3, 0.4) is 0 Å². The van der Waals surface area contributed by atoms with Crippen molar-refractivity contribution in [2.75, 3.05) is 7.11 Å². The van der Waals surface area contributed by atoms with Gasteiger partial charge in [-0.3, -0.25) is 0 Å². The lowest BCUT2D eigenvalue weighted by Crippen LogP contribution is -1.97. The molecule has 0 saturated carbocycles. The molecule has 94 valence electrons. The Morgan fingerprint density at radius 1 is 1.11 bits per heavy atom. The van der Waals surface area contributed by atoms with Gasteiger partial charge in [0.2, 0.25) is 0 Å². The predicted molar refractivity (Wildman–Crippen MR) is 71.1 cm³/mol. The number of methoxy groups -OCH3 is 1. The molecule has 3 aromatic rings. The van der Waals surface area contributed by atoms with Crippen LogP contribution in [0.25, 0.3) is 16.9 Å². The summed E-state index contributed by atoms with van der Waals surface area (Å²) < 4.78 is 7.21. The first-order valence-corrected chi connectivity index (χ1v) is 5.84. The van der Waals surface area contributed by atoms with Crippen LogP contribution in [0.4, 0.5) is 0 Å². The molecule has 2 aromatic heterocycles. The lowest BCUT2D eigenvalue weighted by molar-refractivity contribution is 0.416. The molecule has 19 heavy (non-hydrogen) atoms. The molecule has 0 atom stereocenters. The monoisotopic (exact) mass is 252 g/mol. The van der Waals surface area contributed by atoms with Crippen LogP contribution < -0.4 is 4.74 Å². The molecule has 0 N–H and O–H groups in total. The van der Waals surface area contributed by atoms with Gasteiger partial charge in [-0.2, -0.15) is 15.3 Å². The molecule has 0 radical (unpaired) electrons. The van der Waals surface area contributed by atoms with E-state index in [0.29, 0.717) is 0 Å². The van der Waals surface area contributed by atoms with Crippen LogP contribution in [0.15, 0.2) is 55.0 Å². The van der Waals surface area contributed by atoms with Crippen molar-refractivity contribution >= 4 is 0 Å². The molecule has 0 aliphatic heterocycles. The van der Waals surface area contributed by atoms with E-state index in [0.717, 1.165) is 22.7 Å². The Bertz CT molecular complexity index is 665. The summed E-state index contributed by atoms with van der Waals surface area (Å²) in [5.74, 6) is 0.744. The first-order valence-electron chi connectivity index (χ1n) is 5.84. The fourth-order valence-corrected chi connectivity index (χ4v) is 1.90. The van der Waals surface area contributed by atoms with Crippen molar-refractivity contribution in [1.82, 2.24) is 20.0 Å². The third-order valence-electron chi connectivity index (χ3n) is 2.80. The second-order valence-electron chi connectivity index (χ2n) is 3.94. The molecule has 5 nitrogen and oxygen atoms in total. The Balaban J connectivity index is 2.08. The van der Waals surface area contributed by atoms with Gasteiger partial charge in [0.25, 0.3) is 0 Å². The van der Waals surface area contributed by atoms with Gasteiger partial charge >= 0.3 is 0 Å². The number of nitrogens with zero attached hydrogens (tertiary/aromatic N) is 4. The van der Waals surface area contributed by atoms with Crippen molar-refractivity contribution in [3.63, 3.8) is 0 Å². The van der Waals surface area contributed by atoms with Crippen LogP contribution >= 0.6 is 0 Å². The van der Waals surface area contributed by atoms with Crippen LogP contribution in [0, 0.1) is 0 Å². The van der Waals surface area contributed by atoms with Gasteiger partial charge in [-0.15, -0.1) is 0 Å². The first-order chi connectivity index (χ1) is 9.38. The molecule has 0 fully saturated rings. The molecule has 0 amide bonds. The third kappa shape index (κ3) is 2.18. The van der Waals surface area contributed by atoms with Gasteiger partial charge in [-0.25, -0.2) is 4.68 Å². The van der Waals surface area contributed by atoms with Gasteiger partial charge in [0.05, 0.1) is 18.5 Å². The molecule has 3 rings (SSSR count). The van der Waals surface area contributed by atoms with E-state index in [1.807, 2.05) is 42.6 Å². The highest BCUT2D eigenvalue weighted by molar-refractivity contribution is 5.68. The number of hydrogen-bond acceptors (Lipinski definition) is 4. The lowest BCUT2D eigenvalue weighted by atomic mass is 10.1. The molecule has 0 spiro atoms. The van der Waals surface area contributed by atoms with Crippen LogP contribution in [-0.2, 0) is 0 Å². The summed E-state index contributed by atoms with van der Waals surface area (Å²) in [6.07, 6.45) is 5.27. The minimum absolute atomic E-state index is 0.744. The van der Waals surface area contributed by atoms with E-state index in [1.165, 1.54) is 0 Å². The van der Waals surface area contributed by atoms with E-state index in [9.17, 15) is 0 Å². The quantitative estimate of drug-likeness (QED) is 0.718. The maximum absolute atomic E-state index is 5.43. The SMILES string of the molecule is COc1cc(-n2cccn2)ccc1-c1cccnn1. The summed E-state index contributed by atoms with van der Waals surface area (Å²) in [4.78, 5) is 0. The standard InChI is InChI=1S/C14H12N4O/c1-19-14-10-11(18-9-3-8-16-18)5-6-12(14)13-4-2-7-15-17-13/h2-10H,1H3. The van der Waals surface area contributed by atoms with Crippen molar-refractivity contribution in [3.05, 3.63) is 55.0 Å². The van der Waals surface area contributed by atoms with Gasteiger partial charge in [0, 0.05) is 30.2 Å². The molecule has 0 unspecified atom stereocenters. The van der Waals surface area contributed by atoms with Crippen molar-refractivity contribution < 1.29 is 4.74 Å². The van der Waals surface area contributed by atoms with E-state index in [2.05, 4.69) is 15.3 Å². The maximum atomic E-state index is 5.43. The Kier molecular flexibility index (Phi) is 2.94. The average molecular weight is 252 g/mol. The van der Waals surface area contributed by atoms with Gasteiger partial charge in [-0.1, -0.05) is 0 Å². The maximum Gasteiger partial charge on any atom is 0.130 e. The highest BCUT2D eigenvalue weighted by Gasteiger charge is 2.09. The molecule has 1 aromatic carbocycles. The molecule has 0 aliphatic carbocycles. The molecule has 0 saturated heterocycles. The van der Waals surface area contributed by atoms with Gasteiger partial charge < -0.3 is 4.74 Å². The van der Waals surface area contributed by atoms with Crippen molar-refractivity contribution in [3.8, 4) is 22.7 Å². The minimum atomic E-state index is 0.744. The van der Waals surface area contributed by atoms with Gasteiger partial charge in [0.15, 0.2) is 0 Å². The Morgan fingerprint density at radius 2 is 2.05 bits per heavy atom. The number of aromatic nitrogens is 4. The van der Waals surface area contributed by atoms with E-state index in [4.69, 9.17) is 4.74 Å². The molecule has 5 heteroatoms. The van der Waals surface area contributed by atoms with Crippen LogP contribution in [0.2, 0.25) is 0 Å². The number of rotatable bonds is 3. The fraction of sp³-hybridized carbons (Fsp3) is 0.0714. The summed E-state index contributed by atoms with van der Waals surface area (Å²) in [7, 11) is 1.64. The Labute approximate surface area is 110 Å². The summed E-state index contributed by atoms with van der Waals surface area (Å²) in [6.45, 7) is 0. The van der Waals surface area contributed by atoms with Crippen molar-refractivity contribution in [2.24, 2.45) is 0 Å². The Morgan fingerprint density at radius 3 is 2.74 bits per heavy atom. The first kappa shape index (κ1) is 11.4. The third-order valence-corrected chi connectivity index (χ3v) is 2.80. The predicted octanol–water partition coefficient (Wildman–Crippen LogP) is 2.34. The molecule has 0 aliphatic rings.